The quantitative estimate of drug-likeness (QED) is 0.0729. The van der Waals surface area contributed by atoms with Crippen LogP contribution in [0, 0.1) is 36.5 Å². The first-order chi connectivity index (χ1) is 35.0. The Morgan fingerprint density at radius 2 is 1.21 bits per heavy atom. The number of carbonyl (C=O) groups excluding carboxylic acids is 1. The summed E-state index contributed by atoms with van der Waals surface area (Å²) < 4.78 is 31.2. The number of hydrogen-bond acceptors (Lipinski definition) is 13. The average Bonchev–Trinajstić information content (AvgIpc) is 3.40. The summed E-state index contributed by atoms with van der Waals surface area (Å²) in [6.07, 6.45) is 11.2. The third-order valence-corrected chi connectivity index (χ3v) is 13.6. The van der Waals surface area contributed by atoms with Crippen molar-refractivity contribution in [3.8, 4) is 46.3 Å². The Morgan fingerprint density at radius 3 is 1.75 bits per heavy atom. The maximum atomic E-state index is 13.0. The third kappa shape index (κ3) is 12.8. The molecule has 14 nitrogen and oxygen atoms in total. The van der Waals surface area contributed by atoms with Gasteiger partial charge in [-0.05, 0) is 110 Å². The van der Waals surface area contributed by atoms with Gasteiger partial charge in [0, 0.05) is 65.7 Å². The van der Waals surface area contributed by atoms with Crippen molar-refractivity contribution in [1.29, 1.82) is 10.5 Å². The lowest BCUT2D eigenvalue weighted by molar-refractivity contribution is -0.148. The van der Waals surface area contributed by atoms with Crippen LogP contribution in [0.25, 0.3) is 11.1 Å². The van der Waals surface area contributed by atoms with Crippen LogP contribution in [0.1, 0.15) is 94.2 Å². The second kappa shape index (κ2) is 24.3. The molecule has 0 amide bonds. The van der Waals surface area contributed by atoms with Gasteiger partial charge in [-0.15, -0.1) is 0 Å². The molecule has 72 heavy (non-hydrogen) atoms. The van der Waals surface area contributed by atoms with Crippen LogP contribution in [0.2, 0.25) is 10.0 Å². The van der Waals surface area contributed by atoms with E-state index in [1.165, 1.54) is 12.4 Å². The molecule has 2 atom stereocenters. The van der Waals surface area contributed by atoms with E-state index >= 15 is 0 Å². The zero-order chi connectivity index (χ0) is 50.6. The van der Waals surface area contributed by atoms with Crippen molar-refractivity contribution < 1.29 is 38.4 Å². The number of rotatable bonds is 19. The van der Waals surface area contributed by atoms with Crippen molar-refractivity contribution in [3.05, 3.63) is 163 Å². The molecule has 370 valence electrons. The predicted molar refractivity (Wildman–Crippen MR) is 271 cm³/mol. The van der Waals surface area contributed by atoms with E-state index in [4.69, 9.17) is 46.9 Å². The van der Waals surface area contributed by atoms with Crippen LogP contribution in [-0.2, 0) is 53.9 Å². The predicted octanol–water partition coefficient (Wildman–Crippen LogP) is 10.8. The number of nitrogens with zero attached hydrogens (tertiary/aromatic N) is 5. The fraction of sp³-hybridized carbons (Fsp3) is 0.321. The number of hydrogen-bond donors (Lipinski definition) is 2. The summed E-state index contributed by atoms with van der Waals surface area (Å²) in [4.78, 5) is 35.4. The van der Waals surface area contributed by atoms with Crippen LogP contribution in [0.3, 0.4) is 0 Å². The third-order valence-electron chi connectivity index (χ3n) is 13.1. The molecule has 2 aliphatic rings. The Hall–Kier alpha value is -7.20. The number of benzene rings is 4. The Labute approximate surface area is 429 Å². The van der Waals surface area contributed by atoms with Gasteiger partial charge in [-0.3, -0.25) is 24.5 Å². The van der Waals surface area contributed by atoms with Crippen molar-refractivity contribution in [3.63, 3.8) is 0 Å². The van der Waals surface area contributed by atoms with Crippen LogP contribution in [0.5, 0.6) is 23.0 Å². The molecule has 1 unspecified atom stereocenters. The Balaban J connectivity index is 0.990. The average molecular weight is 1010 g/mol. The highest BCUT2D eigenvalue weighted by molar-refractivity contribution is 6.32. The molecule has 16 heteroatoms. The number of esters is 1. The number of aromatic nitrogens is 2. The first kappa shape index (κ1) is 51.2. The number of aliphatic carboxylic acids is 1. The van der Waals surface area contributed by atoms with Crippen molar-refractivity contribution in [2.75, 3.05) is 13.1 Å². The molecule has 6 aromatic rings. The number of carboxylic acids is 1. The van der Waals surface area contributed by atoms with Gasteiger partial charge in [-0.1, -0.05) is 72.4 Å². The topological polar surface area (TPSA) is 189 Å². The van der Waals surface area contributed by atoms with Crippen molar-refractivity contribution in [2.45, 2.75) is 104 Å². The summed E-state index contributed by atoms with van der Waals surface area (Å²) >= 11 is 13.8. The van der Waals surface area contributed by atoms with Gasteiger partial charge < -0.3 is 34.1 Å². The molecule has 4 heterocycles. The van der Waals surface area contributed by atoms with E-state index in [1.807, 2.05) is 36.1 Å². The monoisotopic (exact) mass is 1010 g/mol. The molecule has 2 fully saturated rings. The Bertz CT molecular complexity index is 3020. The SMILES string of the molecule is Cc1c(COc2cc(OCc3cncc(C#N)c3)c(COC(=O)C3CCCCN3)cc2Cl)cccc1-c1cccc(COc2cc(OCc3cncc(C#N)c3)c(CN3CCCC[C@H]3C(=O)O)cc2Cl)c1C. The van der Waals surface area contributed by atoms with E-state index in [2.05, 4.69) is 46.5 Å². The van der Waals surface area contributed by atoms with E-state index in [-0.39, 0.29) is 45.0 Å². The van der Waals surface area contributed by atoms with Gasteiger partial charge in [0.2, 0.25) is 0 Å². The molecule has 0 spiro atoms. The molecular formula is C56H54Cl2N6O8. The van der Waals surface area contributed by atoms with Crippen LogP contribution in [-0.4, -0.2) is 57.1 Å². The maximum Gasteiger partial charge on any atom is 0.323 e. The number of carbonyl (C=O) groups is 2. The summed E-state index contributed by atoms with van der Waals surface area (Å²) in [6.45, 7) is 6.34. The lowest BCUT2D eigenvalue weighted by atomic mass is 9.92. The van der Waals surface area contributed by atoms with Gasteiger partial charge in [0.25, 0.3) is 0 Å². The number of piperidine rings is 2. The Kier molecular flexibility index (Phi) is 17.3. The summed E-state index contributed by atoms with van der Waals surface area (Å²) in [5, 5.41) is 32.7. The highest BCUT2D eigenvalue weighted by Gasteiger charge is 2.30. The van der Waals surface area contributed by atoms with Gasteiger partial charge >= 0.3 is 11.9 Å². The van der Waals surface area contributed by atoms with Gasteiger partial charge in [-0.2, -0.15) is 10.5 Å². The first-order valence-corrected chi connectivity index (χ1v) is 24.6. The number of halogens is 2. The zero-order valence-corrected chi connectivity index (χ0v) is 41.6. The van der Waals surface area contributed by atoms with Crippen molar-refractivity contribution in [1.82, 2.24) is 20.2 Å². The van der Waals surface area contributed by atoms with Crippen LogP contribution in [0.15, 0.2) is 97.6 Å². The minimum atomic E-state index is -0.858. The number of likely N-dealkylation sites (tertiary alicyclic amines) is 1. The van der Waals surface area contributed by atoms with Gasteiger partial charge in [0.05, 0.1) is 21.2 Å². The molecule has 2 aromatic heterocycles. The fourth-order valence-corrected chi connectivity index (χ4v) is 9.49. The van der Waals surface area contributed by atoms with E-state index in [0.29, 0.717) is 86.8 Å². The second-order valence-corrected chi connectivity index (χ2v) is 18.7. The Morgan fingerprint density at radius 1 is 0.667 bits per heavy atom. The largest absolute Gasteiger partial charge is 0.488 e. The lowest BCUT2D eigenvalue weighted by Crippen LogP contribution is -2.44. The number of pyridine rings is 2. The van der Waals surface area contributed by atoms with Crippen LogP contribution < -0.4 is 24.3 Å². The number of nitrogens with one attached hydrogen (secondary N) is 1. The first-order valence-electron chi connectivity index (χ1n) is 23.9. The lowest BCUT2D eigenvalue weighted by Gasteiger charge is -2.33. The standard InChI is InChI=1S/C56H54Cl2N6O8/c1-35-41(32-70-53-21-51(68-30-39-17-37(23-59)25-61-27-39)43(19-47(53)57)29-64-16-6-4-14-50(64)55(65)66)9-7-11-45(35)46-12-8-10-42(36(46)2)33-71-54-22-52(69-31-40-18-38(24-60)26-62-28-40)44(20-48(54)58)34-72-56(67)49-13-3-5-15-63-49/h7-12,17-22,25-28,49-50,63H,3-6,13-16,29-34H2,1-2H3,(H,65,66)/t49?,50-/m0/s1. The van der Waals surface area contributed by atoms with Gasteiger partial charge in [-0.25, -0.2) is 0 Å². The van der Waals surface area contributed by atoms with Crippen molar-refractivity contribution in [2.24, 2.45) is 0 Å². The molecule has 0 bridgehead atoms. The van der Waals surface area contributed by atoms with E-state index in [1.54, 1.807) is 48.8 Å². The number of carboxylic acid groups (broad SMARTS) is 1. The zero-order valence-electron chi connectivity index (χ0n) is 40.1. The van der Waals surface area contributed by atoms with Crippen LogP contribution >= 0.6 is 23.2 Å². The van der Waals surface area contributed by atoms with Crippen molar-refractivity contribution >= 4 is 35.1 Å². The normalized spacial score (nSPS) is 15.7. The molecular weight excluding hydrogens is 956 g/mol. The molecule has 0 aliphatic carbocycles. The second-order valence-electron chi connectivity index (χ2n) is 17.9. The maximum absolute atomic E-state index is 13.0. The molecule has 2 saturated heterocycles. The minimum absolute atomic E-state index is 0.0594. The van der Waals surface area contributed by atoms with E-state index < -0.39 is 12.0 Å². The van der Waals surface area contributed by atoms with Gasteiger partial charge in [0.1, 0.15) is 80.3 Å². The smallest absolute Gasteiger partial charge is 0.323 e. The van der Waals surface area contributed by atoms with E-state index in [0.717, 1.165) is 71.2 Å². The summed E-state index contributed by atoms with van der Waals surface area (Å²) in [5.74, 6) is 0.480. The minimum Gasteiger partial charge on any atom is -0.488 e. The fourth-order valence-electron chi connectivity index (χ4n) is 9.01. The molecule has 2 aliphatic heterocycles. The molecule has 2 N–H and O–H groups in total. The molecule has 4 aromatic carbocycles. The summed E-state index contributed by atoms with van der Waals surface area (Å²) in [5.41, 5.74) is 9.38. The highest BCUT2D eigenvalue weighted by Crippen LogP contribution is 2.38. The van der Waals surface area contributed by atoms with Gasteiger partial charge in [0.15, 0.2) is 0 Å². The molecule has 0 saturated carbocycles. The number of ether oxygens (including phenoxy) is 5. The molecule has 8 rings (SSSR count). The van der Waals surface area contributed by atoms with Crippen LogP contribution in [0.4, 0.5) is 0 Å². The number of nitriles is 2. The summed E-state index contributed by atoms with van der Waals surface area (Å²) in [7, 11) is 0. The molecule has 0 radical (unpaired) electrons. The highest BCUT2D eigenvalue weighted by atomic mass is 35.5. The summed E-state index contributed by atoms with van der Waals surface area (Å²) in [6, 6.07) is 25.7. The van der Waals surface area contributed by atoms with E-state index in [9.17, 15) is 25.2 Å².